The molecule has 0 aromatic carbocycles. The second kappa shape index (κ2) is 5.16. The number of aliphatic hydroxyl groups excluding tert-OH is 1. The first-order valence-electron chi connectivity index (χ1n) is 6.22. The first-order valence-corrected chi connectivity index (χ1v) is 6.22. The van der Waals surface area contributed by atoms with Gasteiger partial charge in [0.2, 0.25) is 0 Å². The summed E-state index contributed by atoms with van der Waals surface area (Å²) in [5.41, 5.74) is 0. The molecule has 1 N–H and O–H groups in total. The summed E-state index contributed by atoms with van der Waals surface area (Å²) in [6, 6.07) is 0. The van der Waals surface area contributed by atoms with Gasteiger partial charge in [-0.25, -0.2) is 0 Å². The van der Waals surface area contributed by atoms with Crippen molar-refractivity contribution in [1.29, 1.82) is 0 Å². The number of hydrogen-bond acceptors (Lipinski definition) is 1. The molecule has 0 radical (unpaired) electrons. The summed E-state index contributed by atoms with van der Waals surface area (Å²) >= 11 is 0. The second-order valence-electron chi connectivity index (χ2n) is 5.46. The van der Waals surface area contributed by atoms with Gasteiger partial charge in [0.05, 0.1) is 6.10 Å². The zero-order chi connectivity index (χ0) is 10.7. The van der Waals surface area contributed by atoms with Crippen LogP contribution in [0.4, 0.5) is 0 Å². The summed E-state index contributed by atoms with van der Waals surface area (Å²) in [6.45, 7) is 8.93. The van der Waals surface area contributed by atoms with Crippen LogP contribution < -0.4 is 0 Å². The van der Waals surface area contributed by atoms with Crippen LogP contribution in [-0.4, -0.2) is 11.2 Å². The van der Waals surface area contributed by atoms with Crippen molar-refractivity contribution >= 4 is 0 Å². The van der Waals surface area contributed by atoms with E-state index in [1.807, 2.05) is 6.92 Å². The highest BCUT2D eigenvalue weighted by Gasteiger charge is 2.31. The third-order valence-electron chi connectivity index (χ3n) is 4.15. The fraction of sp³-hybridized carbons (Fsp3) is 1.00. The van der Waals surface area contributed by atoms with Crippen molar-refractivity contribution in [2.75, 3.05) is 0 Å². The third-order valence-corrected chi connectivity index (χ3v) is 4.15. The molecule has 1 aliphatic carbocycles. The maximum absolute atomic E-state index is 9.67. The summed E-state index contributed by atoms with van der Waals surface area (Å²) < 4.78 is 0. The zero-order valence-corrected chi connectivity index (χ0v) is 10.2. The van der Waals surface area contributed by atoms with E-state index in [9.17, 15) is 5.11 Å². The lowest BCUT2D eigenvalue weighted by molar-refractivity contribution is 0.0513. The molecule has 1 heteroatoms. The van der Waals surface area contributed by atoms with E-state index in [1.165, 1.54) is 25.7 Å². The van der Waals surface area contributed by atoms with Crippen LogP contribution in [0.1, 0.15) is 53.4 Å². The molecule has 3 unspecified atom stereocenters. The molecule has 1 saturated carbocycles. The smallest absolute Gasteiger partial charge is 0.0540 e. The molecule has 0 amide bonds. The molecule has 0 aromatic heterocycles. The van der Waals surface area contributed by atoms with E-state index in [4.69, 9.17) is 0 Å². The average Bonchev–Trinajstić information content (AvgIpc) is 2.15. The van der Waals surface area contributed by atoms with E-state index in [-0.39, 0.29) is 6.10 Å². The molecule has 0 aromatic rings. The van der Waals surface area contributed by atoms with Crippen molar-refractivity contribution in [3.05, 3.63) is 0 Å². The highest BCUT2D eigenvalue weighted by atomic mass is 16.3. The normalized spacial score (nSPS) is 37.9. The van der Waals surface area contributed by atoms with Gasteiger partial charge in [-0.1, -0.05) is 27.2 Å². The molecule has 0 bridgehead atoms. The Bertz CT molecular complexity index is 165. The van der Waals surface area contributed by atoms with Crippen molar-refractivity contribution in [3.8, 4) is 0 Å². The van der Waals surface area contributed by atoms with Crippen LogP contribution in [0.5, 0.6) is 0 Å². The van der Waals surface area contributed by atoms with E-state index in [1.54, 1.807) is 0 Å². The largest absolute Gasteiger partial charge is 0.393 e. The first-order chi connectivity index (χ1) is 6.54. The minimum Gasteiger partial charge on any atom is -0.393 e. The van der Waals surface area contributed by atoms with Crippen LogP contribution in [0.15, 0.2) is 0 Å². The molecule has 84 valence electrons. The molecular formula is C13H26O. The van der Waals surface area contributed by atoms with E-state index in [0.29, 0.717) is 5.92 Å². The Morgan fingerprint density at radius 1 is 1.14 bits per heavy atom. The summed E-state index contributed by atoms with van der Waals surface area (Å²) in [4.78, 5) is 0. The molecule has 1 fully saturated rings. The Morgan fingerprint density at radius 2 is 1.71 bits per heavy atom. The van der Waals surface area contributed by atoms with Gasteiger partial charge in [-0.05, 0) is 49.9 Å². The van der Waals surface area contributed by atoms with Crippen molar-refractivity contribution in [2.45, 2.75) is 59.5 Å². The SMILES string of the molecule is CCC(C)C1CC([C@H](C)O)C[C@H](C)C1. The molecule has 0 spiro atoms. The Kier molecular flexibility index (Phi) is 4.43. The fourth-order valence-corrected chi connectivity index (χ4v) is 2.90. The molecule has 0 saturated heterocycles. The Balaban J connectivity index is 2.53. The molecular weight excluding hydrogens is 172 g/mol. The van der Waals surface area contributed by atoms with Crippen LogP contribution in [0.3, 0.4) is 0 Å². The van der Waals surface area contributed by atoms with Crippen LogP contribution in [0.2, 0.25) is 0 Å². The Morgan fingerprint density at radius 3 is 2.21 bits per heavy atom. The molecule has 0 aliphatic heterocycles. The Hall–Kier alpha value is -0.0400. The number of hydrogen-bond donors (Lipinski definition) is 1. The predicted octanol–water partition coefficient (Wildman–Crippen LogP) is 3.47. The topological polar surface area (TPSA) is 20.2 Å². The van der Waals surface area contributed by atoms with E-state index in [2.05, 4.69) is 20.8 Å². The molecule has 1 rings (SSSR count). The average molecular weight is 198 g/mol. The van der Waals surface area contributed by atoms with Gasteiger partial charge in [0.15, 0.2) is 0 Å². The minimum atomic E-state index is -0.107. The molecule has 5 atom stereocenters. The molecule has 0 heterocycles. The molecule has 1 aliphatic rings. The van der Waals surface area contributed by atoms with Crippen molar-refractivity contribution < 1.29 is 5.11 Å². The number of rotatable bonds is 3. The van der Waals surface area contributed by atoms with Gasteiger partial charge in [-0.15, -0.1) is 0 Å². The zero-order valence-electron chi connectivity index (χ0n) is 10.2. The molecule has 14 heavy (non-hydrogen) atoms. The van der Waals surface area contributed by atoms with Gasteiger partial charge in [0.1, 0.15) is 0 Å². The van der Waals surface area contributed by atoms with E-state index < -0.39 is 0 Å². The van der Waals surface area contributed by atoms with Gasteiger partial charge < -0.3 is 5.11 Å². The van der Waals surface area contributed by atoms with Crippen LogP contribution in [0, 0.1) is 23.7 Å². The van der Waals surface area contributed by atoms with Crippen molar-refractivity contribution in [3.63, 3.8) is 0 Å². The lowest BCUT2D eigenvalue weighted by Gasteiger charge is -2.37. The summed E-state index contributed by atoms with van der Waals surface area (Å²) in [7, 11) is 0. The lowest BCUT2D eigenvalue weighted by atomic mass is 9.69. The van der Waals surface area contributed by atoms with Gasteiger partial charge in [0, 0.05) is 0 Å². The predicted molar refractivity (Wildman–Crippen MR) is 61.1 cm³/mol. The lowest BCUT2D eigenvalue weighted by Crippen LogP contribution is -2.31. The highest BCUT2D eigenvalue weighted by Crippen LogP contribution is 2.39. The number of aliphatic hydroxyl groups is 1. The third kappa shape index (κ3) is 2.98. The van der Waals surface area contributed by atoms with Crippen LogP contribution >= 0.6 is 0 Å². The van der Waals surface area contributed by atoms with Crippen molar-refractivity contribution in [2.24, 2.45) is 23.7 Å². The van der Waals surface area contributed by atoms with Gasteiger partial charge in [0.25, 0.3) is 0 Å². The minimum absolute atomic E-state index is 0.107. The summed E-state index contributed by atoms with van der Waals surface area (Å²) in [5, 5.41) is 9.67. The van der Waals surface area contributed by atoms with Crippen molar-refractivity contribution in [1.82, 2.24) is 0 Å². The fourth-order valence-electron chi connectivity index (χ4n) is 2.90. The standard InChI is InChI=1S/C13H26O/c1-5-10(3)12-6-9(2)7-13(8-12)11(4)14/h9-14H,5-8H2,1-4H3/t9-,10?,11+,12?,13?/m1/s1. The summed E-state index contributed by atoms with van der Waals surface area (Å²) in [6.07, 6.45) is 5.02. The van der Waals surface area contributed by atoms with Gasteiger partial charge in [-0.3, -0.25) is 0 Å². The maximum atomic E-state index is 9.67. The van der Waals surface area contributed by atoms with E-state index in [0.717, 1.165) is 17.8 Å². The van der Waals surface area contributed by atoms with Crippen LogP contribution in [0.25, 0.3) is 0 Å². The Labute approximate surface area is 88.9 Å². The first kappa shape index (κ1) is 12.0. The van der Waals surface area contributed by atoms with Gasteiger partial charge in [-0.2, -0.15) is 0 Å². The van der Waals surface area contributed by atoms with Gasteiger partial charge >= 0.3 is 0 Å². The monoisotopic (exact) mass is 198 g/mol. The molecule has 1 nitrogen and oxygen atoms in total. The van der Waals surface area contributed by atoms with E-state index >= 15 is 0 Å². The quantitative estimate of drug-likeness (QED) is 0.736. The second-order valence-corrected chi connectivity index (χ2v) is 5.46. The maximum Gasteiger partial charge on any atom is 0.0540 e. The highest BCUT2D eigenvalue weighted by molar-refractivity contribution is 4.81. The summed E-state index contributed by atoms with van der Waals surface area (Å²) in [5.74, 6) is 3.04. The van der Waals surface area contributed by atoms with Crippen LogP contribution in [-0.2, 0) is 0 Å².